The van der Waals surface area contributed by atoms with Crippen molar-refractivity contribution in [1.29, 1.82) is 0 Å². The first kappa shape index (κ1) is 20.1. The molecule has 1 N–H and O–H groups in total. The van der Waals surface area contributed by atoms with Crippen molar-refractivity contribution >= 4 is 47.0 Å². The molecule has 1 aromatic heterocycles. The Labute approximate surface area is 170 Å². The monoisotopic (exact) mass is 472 g/mol. The summed E-state index contributed by atoms with van der Waals surface area (Å²) in [6.07, 6.45) is 3.76. The van der Waals surface area contributed by atoms with Gasteiger partial charge in [-0.05, 0) is 31.4 Å². The minimum atomic E-state index is 0. The van der Waals surface area contributed by atoms with Crippen molar-refractivity contribution < 1.29 is 4.74 Å². The van der Waals surface area contributed by atoms with Gasteiger partial charge in [0.25, 0.3) is 0 Å². The van der Waals surface area contributed by atoms with Gasteiger partial charge in [0.05, 0.1) is 18.8 Å². The van der Waals surface area contributed by atoms with Crippen molar-refractivity contribution in [3.63, 3.8) is 0 Å². The van der Waals surface area contributed by atoms with Gasteiger partial charge < -0.3 is 15.0 Å². The molecule has 0 spiro atoms. The third-order valence-electron chi connectivity index (χ3n) is 3.94. The number of methoxy groups -OCH3 is 1. The summed E-state index contributed by atoms with van der Waals surface area (Å²) >= 11 is 1.63. The number of hydrogen-bond donors (Lipinski definition) is 1. The molecule has 136 valence electrons. The Hall–Kier alpha value is -1.19. The second-order valence-electron chi connectivity index (χ2n) is 5.84. The lowest BCUT2D eigenvalue weighted by atomic mass is 10.1. The van der Waals surface area contributed by atoms with Gasteiger partial charge >= 0.3 is 0 Å². The van der Waals surface area contributed by atoms with Crippen LogP contribution in [0.4, 0.5) is 5.69 Å². The predicted octanol–water partition coefficient (Wildman–Crippen LogP) is 4.36. The highest BCUT2D eigenvalue weighted by Crippen LogP contribution is 2.15. The standard InChI is InChI=1S/C18H24N4OS.HI/c1-23-13-17-20-16(14-24-17)12-19-18(22-10-6-3-7-11-22)21-15-8-4-2-5-9-15;/h2,4-5,8-9,14H,3,6-7,10-13H2,1H3,(H,19,21);1H. The Morgan fingerprint density at radius 2 is 2.00 bits per heavy atom. The van der Waals surface area contributed by atoms with E-state index in [0.29, 0.717) is 13.2 Å². The summed E-state index contributed by atoms with van der Waals surface area (Å²) in [6.45, 7) is 3.27. The van der Waals surface area contributed by atoms with Gasteiger partial charge in [0, 0.05) is 31.3 Å². The molecule has 0 aliphatic carbocycles. The molecular weight excluding hydrogens is 447 g/mol. The van der Waals surface area contributed by atoms with Crippen LogP contribution >= 0.6 is 35.3 Å². The van der Waals surface area contributed by atoms with Crippen molar-refractivity contribution in [1.82, 2.24) is 9.88 Å². The van der Waals surface area contributed by atoms with Crippen LogP contribution in [0, 0.1) is 0 Å². The van der Waals surface area contributed by atoms with Crippen LogP contribution < -0.4 is 5.32 Å². The molecule has 5 nitrogen and oxygen atoms in total. The van der Waals surface area contributed by atoms with E-state index in [4.69, 9.17) is 9.73 Å². The fraction of sp³-hybridized carbons (Fsp3) is 0.444. The van der Waals surface area contributed by atoms with Crippen LogP contribution in [0.5, 0.6) is 0 Å². The Morgan fingerprint density at radius 3 is 2.72 bits per heavy atom. The number of halogens is 1. The number of anilines is 1. The van der Waals surface area contributed by atoms with Gasteiger partial charge in [0.1, 0.15) is 5.01 Å². The van der Waals surface area contributed by atoms with E-state index in [-0.39, 0.29) is 24.0 Å². The average Bonchev–Trinajstić information content (AvgIpc) is 3.08. The van der Waals surface area contributed by atoms with Crippen molar-refractivity contribution in [2.24, 2.45) is 4.99 Å². The van der Waals surface area contributed by atoms with E-state index >= 15 is 0 Å². The van der Waals surface area contributed by atoms with E-state index in [1.807, 2.05) is 18.2 Å². The van der Waals surface area contributed by atoms with E-state index in [2.05, 4.69) is 32.7 Å². The number of nitrogens with one attached hydrogen (secondary N) is 1. The SMILES string of the molecule is COCc1nc(CN=C(Nc2ccccc2)N2CCCCC2)cs1.I. The van der Waals surface area contributed by atoms with Crippen molar-refractivity contribution in [2.45, 2.75) is 32.4 Å². The largest absolute Gasteiger partial charge is 0.378 e. The summed E-state index contributed by atoms with van der Waals surface area (Å²) in [5.74, 6) is 0.946. The van der Waals surface area contributed by atoms with Gasteiger partial charge in [-0.25, -0.2) is 9.98 Å². The number of nitrogens with zero attached hydrogens (tertiary/aromatic N) is 3. The fourth-order valence-electron chi connectivity index (χ4n) is 2.74. The quantitative estimate of drug-likeness (QED) is 0.399. The van der Waals surface area contributed by atoms with Crippen LogP contribution in [0.1, 0.15) is 30.0 Å². The molecule has 2 heterocycles. The number of benzene rings is 1. The van der Waals surface area contributed by atoms with E-state index in [0.717, 1.165) is 35.4 Å². The van der Waals surface area contributed by atoms with Gasteiger partial charge in [0.2, 0.25) is 0 Å². The maximum atomic E-state index is 5.13. The molecule has 25 heavy (non-hydrogen) atoms. The molecule has 1 fully saturated rings. The first-order valence-corrected chi connectivity index (χ1v) is 9.27. The Morgan fingerprint density at radius 1 is 1.24 bits per heavy atom. The number of likely N-dealkylation sites (tertiary alicyclic amines) is 1. The molecule has 0 bridgehead atoms. The van der Waals surface area contributed by atoms with Gasteiger partial charge in [-0.1, -0.05) is 18.2 Å². The third kappa shape index (κ3) is 6.23. The summed E-state index contributed by atoms with van der Waals surface area (Å²) in [6, 6.07) is 10.2. The number of guanidine groups is 1. The van der Waals surface area contributed by atoms with Crippen LogP contribution in [0.15, 0.2) is 40.7 Å². The predicted molar refractivity (Wildman–Crippen MR) is 115 cm³/mol. The van der Waals surface area contributed by atoms with Crippen LogP contribution in [0.3, 0.4) is 0 Å². The molecule has 1 aliphatic rings. The Bertz CT molecular complexity index is 656. The first-order chi connectivity index (χ1) is 11.8. The van der Waals surface area contributed by atoms with Crippen LogP contribution in [-0.2, 0) is 17.9 Å². The zero-order valence-corrected chi connectivity index (χ0v) is 17.6. The highest BCUT2D eigenvalue weighted by molar-refractivity contribution is 14.0. The maximum Gasteiger partial charge on any atom is 0.198 e. The molecule has 7 heteroatoms. The number of para-hydroxylation sites is 1. The molecule has 0 unspecified atom stereocenters. The molecule has 1 aliphatic heterocycles. The fourth-order valence-corrected chi connectivity index (χ4v) is 3.50. The van der Waals surface area contributed by atoms with Crippen LogP contribution in [-0.4, -0.2) is 36.0 Å². The van der Waals surface area contributed by atoms with E-state index < -0.39 is 0 Å². The molecule has 0 atom stereocenters. The van der Waals surface area contributed by atoms with E-state index in [9.17, 15) is 0 Å². The number of thiazole rings is 1. The van der Waals surface area contributed by atoms with Crippen molar-refractivity contribution in [3.05, 3.63) is 46.4 Å². The zero-order chi connectivity index (χ0) is 16.6. The molecule has 2 aromatic rings. The number of aromatic nitrogens is 1. The van der Waals surface area contributed by atoms with Gasteiger partial charge in [-0.2, -0.15) is 0 Å². The highest BCUT2D eigenvalue weighted by Gasteiger charge is 2.15. The molecule has 1 aromatic carbocycles. The highest BCUT2D eigenvalue weighted by atomic mass is 127. The molecule has 1 saturated heterocycles. The van der Waals surface area contributed by atoms with Crippen LogP contribution in [0.2, 0.25) is 0 Å². The first-order valence-electron chi connectivity index (χ1n) is 8.39. The van der Waals surface area contributed by atoms with Gasteiger partial charge in [0.15, 0.2) is 5.96 Å². The summed E-state index contributed by atoms with van der Waals surface area (Å²) < 4.78 is 5.13. The lowest BCUT2D eigenvalue weighted by Crippen LogP contribution is -2.40. The smallest absolute Gasteiger partial charge is 0.198 e. The summed E-state index contributed by atoms with van der Waals surface area (Å²) in [5.41, 5.74) is 2.07. The number of hydrogen-bond acceptors (Lipinski definition) is 4. The zero-order valence-electron chi connectivity index (χ0n) is 14.5. The maximum absolute atomic E-state index is 5.13. The minimum Gasteiger partial charge on any atom is -0.378 e. The Kier molecular flexibility index (Phi) is 8.63. The number of aliphatic imine (C=N–C) groups is 1. The molecule has 0 amide bonds. The number of ether oxygens (including phenoxy) is 1. The minimum absolute atomic E-state index is 0. The summed E-state index contributed by atoms with van der Waals surface area (Å²) in [7, 11) is 1.69. The normalized spacial score (nSPS) is 14.9. The molecule has 0 radical (unpaired) electrons. The molecule has 0 saturated carbocycles. The summed E-state index contributed by atoms with van der Waals surface area (Å²) in [4.78, 5) is 11.7. The topological polar surface area (TPSA) is 49.8 Å². The molecule has 3 rings (SSSR count). The van der Waals surface area contributed by atoms with Gasteiger partial charge in [-0.3, -0.25) is 0 Å². The number of piperidine rings is 1. The van der Waals surface area contributed by atoms with Gasteiger partial charge in [-0.15, -0.1) is 35.3 Å². The average molecular weight is 472 g/mol. The van der Waals surface area contributed by atoms with Crippen molar-refractivity contribution in [2.75, 3.05) is 25.5 Å². The Balaban J connectivity index is 0.00000225. The third-order valence-corrected chi connectivity index (χ3v) is 4.81. The number of rotatable bonds is 5. The second-order valence-corrected chi connectivity index (χ2v) is 6.79. The van der Waals surface area contributed by atoms with Crippen LogP contribution in [0.25, 0.3) is 0 Å². The van der Waals surface area contributed by atoms with E-state index in [1.54, 1.807) is 18.4 Å². The lowest BCUT2D eigenvalue weighted by molar-refractivity contribution is 0.184. The second kappa shape index (κ2) is 10.7. The summed E-state index contributed by atoms with van der Waals surface area (Å²) in [5, 5.41) is 6.54. The molecular formula is C18H25IN4OS. The van der Waals surface area contributed by atoms with E-state index in [1.165, 1.54) is 19.3 Å². The lowest BCUT2D eigenvalue weighted by Gasteiger charge is -2.30. The van der Waals surface area contributed by atoms with Crippen molar-refractivity contribution in [3.8, 4) is 0 Å².